The number of benzene rings is 1. The summed E-state index contributed by atoms with van der Waals surface area (Å²) in [6, 6.07) is 5.11. The van der Waals surface area contributed by atoms with Crippen LogP contribution in [-0.2, 0) is 15.6 Å². The molecule has 0 saturated heterocycles. The molecule has 1 heterocycles. The largest absolute Gasteiger partial charge is 0.355 e. The second-order valence-electron chi connectivity index (χ2n) is 5.67. The monoisotopic (exact) mass is 336 g/mol. The quantitative estimate of drug-likeness (QED) is 0.781. The number of rotatable bonds is 6. The van der Waals surface area contributed by atoms with Gasteiger partial charge in [-0.2, -0.15) is 0 Å². The van der Waals surface area contributed by atoms with Crippen LogP contribution in [0.4, 0.5) is 0 Å². The molecule has 7 heteroatoms. The second kappa shape index (κ2) is 7.04. The van der Waals surface area contributed by atoms with Crippen molar-refractivity contribution in [1.29, 1.82) is 0 Å². The molecule has 0 saturated carbocycles. The number of imide groups is 1. The van der Waals surface area contributed by atoms with Crippen LogP contribution in [0, 0.1) is 6.92 Å². The minimum Gasteiger partial charge on any atom is -0.355 e. The van der Waals surface area contributed by atoms with Gasteiger partial charge in [0.1, 0.15) is 0 Å². The van der Waals surface area contributed by atoms with Gasteiger partial charge in [-0.15, -0.1) is 0 Å². The number of fused-ring (bicyclic) bond motifs is 1. The van der Waals surface area contributed by atoms with Gasteiger partial charge in [0.2, 0.25) is 5.91 Å². The predicted octanol–water partition coefficient (Wildman–Crippen LogP) is 0.864. The fourth-order valence-corrected chi connectivity index (χ4v) is 2.60. The van der Waals surface area contributed by atoms with Crippen LogP contribution in [0.25, 0.3) is 0 Å². The Bertz CT molecular complexity index is 687. The fraction of sp³-hybridized carbons (Fsp3) is 0.438. The van der Waals surface area contributed by atoms with Crippen molar-refractivity contribution in [2.45, 2.75) is 25.5 Å². The van der Waals surface area contributed by atoms with Crippen LogP contribution in [0.3, 0.4) is 0 Å². The van der Waals surface area contributed by atoms with E-state index in [2.05, 4.69) is 5.32 Å². The third-order valence-electron chi connectivity index (χ3n) is 3.84. The van der Waals surface area contributed by atoms with Crippen molar-refractivity contribution >= 4 is 28.5 Å². The highest BCUT2D eigenvalue weighted by atomic mass is 32.2. The van der Waals surface area contributed by atoms with Gasteiger partial charge in [0.25, 0.3) is 11.8 Å². The third kappa shape index (κ3) is 3.85. The molecule has 1 aliphatic heterocycles. The van der Waals surface area contributed by atoms with Gasteiger partial charge in [0.15, 0.2) is 0 Å². The highest BCUT2D eigenvalue weighted by Crippen LogP contribution is 2.23. The maximum Gasteiger partial charge on any atom is 0.261 e. The van der Waals surface area contributed by atoms with Gasteiger partial charge in [-0.1, -0.05) is 11.6 Å². The zero-order chi connectivity index (χ0) is 17.1. The molecule has 0 aromatic heterocycles. The van der Waals surface area contributed by atoms with Gasteiger partial charge >= 0.3 is 0 Å². The van der Waals surface area contributed by atoms with E-state index in [0.29, 0.717) is 17.7 Å². The summed E-state index contributed by atoms with van der Waals surface area (Å²) < 4.78 is 11.2. The smallest absolute Gasteiger partial charge is 0.261 e. The minimum atomic E-state index is -1.01. The zero-order valence-corrected chi connectivity index (χ0v) is 14.2. The Labute approximate surface area is 137 Å². The summed E-state index contributed by atoms with van der Waals surface area (Å²) in [6.07, 6.45) is 1.62. The van der Waals surface area contributed by atoms with Crippen LogP contribution >= 0.6 is 0 Å². The predicted molar refractivity (Wildman–Crippen MR) is 87.7 cm³/mol. The van der Waals surface area contributed by atoms with Gasteiger partial charge in [-0.05, 0) is 26.0 Å². The lowest BCUT2D eigenvalue weighted by Gasteiger charge is -2.14. The highest BCUT2D eigenvalue weighted by Gasteiger charge is 2.35. The molecule has 1 aromatic rings. The lowest BCUT2D eigenvalue weighted by molar-refractivity contribution is -0.121. The molecule has 2 atom stereocenters. The molecule has 2 rings (SSSR count). The Morgan fingerprint density at radius 3 is 2.57 bits per heavy atom. The number of nitrogens with zero attached hydrogens (tertiary/aromatic N) is 1. The van der Waals surface area contributed by atoms with Gasteiger partial charge in [0.05, 0.1) is 11.1 Å². The average Bonchev–Trinajstić information content (AvgIpc) is 2.73. The molecular formula is C16H20N2O4S. The molecule has 1 aliphatic rings. The van der Waals surface area contributed by atoms with Crippen molar-refractivity contribution in [2.24, 2.45) is 0 Å². The summed E-state index contributed by atoms with van der Waals surface area (Å²) in [5, 5.41) is 2.53. The van der Waals surface area contributed by atoms with E-state index in [1.54, 1.807) is 31.4 Å². The number of carbonyl (C=O) groups is 3. The molecule has 6 nitrogen and oxygen atoms in total. The first-order valence-corrected chi connectivity index (χ1v) is 8.99. The number of aryl methyl sites for hydroxylation is 1. The summed E-state index contributed by atoms with van der Waals surface area (Å²) in [7, 11) is -1.01. The van der Waals surface area contributed by atoms with Crippen molar-refractivity contribution < 1.29 is 18.6 Å². The van der Waals surface area contributed by atoms with Gasteiger partial charge in [-0.3, -0.25) is 23.5 Å². The van der Waals surface area contributed by atoms with Crippen molar-refractivity contribution in [3.05, 3.63) is 34.9 Å². The Morgan fingerprint density at radius 2 is 1.91 bits per heavy atom. The Morgan fingerprint density at radius 1 is 1.26 bits per heavy atom. The van der Waals surface area contributed by atoms with Crippen LogP contribution in [0.1, 0.15) is 39.6 Å². The van der Waals surface area contributed by atoms with Crippen molar-refractivity contribution in [1.82, 2.24) is 10.2 Å². The molecule has 0 unspecified atom stereocenters. The summed E-state index contributed by atoms with van der Waals surface area (Å²) in [6.45, 7) is 3.99. The summed E-state index contributed by atoms with van der Waals surface area (Å²) >= 11 is 0. The van der Waals surface area contributed by atoms with E-state index in [9.17, 15) is 18.6 Å². The molecular weight excluding hydrogens is 316 g/mol. The third-order valence-corrected chi connectivity index (χ3v) is 5.14. The Kier molecular flexibility index (Phi) is 5.30. The molecule has 23 heavy (non-hydrogen) atoms. The Hall–Kier alpha value is -2.02. The van der Waals surface area contributed by atoms with E-state index in [1.807, 2.05) is 6.92 Å². The fourth-order valence-electron chi connectivity index (χ4n) is 2.28. The van der Waals surface area contributed by atoms with Crippen molar-refractivity contribution in [3.63, 3.8) is 0 Å². The second-order valence-corrected chi connectivity index (χ2v) is 7.48. The molecule has 0 radical (unpaired) electrons. The van der Waals surface area contributed by atoms with Crippen LogP contribution in [0.2, 0.25) is 0 Å². The van der Waals surface area contributed by atoms with Crippen molar-refractivity contribution in [3.8, 4) is 0 Å². The zero-order valence-electron chi connectivity index (χ0n) is 13.4. The first-order chi connectivity index (χ1) is 10.8. The molecule has 0 aliphatic carbocycles. The lowest BCUT2D eigenvalue weighted by Crippen LogP contribution is -2.37. The van der Waals surface area contributed by atoms with E-state index in [1.165, 1.54) is 0 Å². The number of amides is 3. The van der Waals surface area contributed by atoms with Gasteiger partial charge in [-0.25, -0.2) is 0 Å². The number of hydrogen-bond acceptors (Lipinski definition) is 4. The minimum absolute atomic E-state index is 0.0352. The Balaban J connectivity index is 1.92. The number of hydrogen-bond donors (Lipinski definition) is 1. The molecule has 1 N–H and O–H groups in total. The van der Waals surface area contributed by atoms with E-state index in [4.69, 9.17) is 0 Å². The molecule has 0 bridgehead atoms. The van der Waals surface area contributed by atoms with E-state index < -0.39 is 10.8 Å². The summed E-state index contributed by atoms with van der Waals surface area (Å²) in [5.74, 6) is -0.986. The average molecular weight is 336 g/mol. The van der Waals surface area contributed by atoms with E-state index in [0.717, 1.165) is 10.5 Å². The summed E-state index contributed by atoms with van der Waals surface area (Å²) in [4.78, 5) is 37.4. The van der Waals surface area contributed by atoms with Crippen LogP contribution in [0.5, 0.6) is 0 Å². The van der Waals surface area contributed by atoms with Crippen LogP contribution in [0.15, 0.2) is 18.2 Å². The van der Waals surface area contributed by atoms with Crippen molar-refractivity contribution in [2.75, 3.05) is 19.3 Å². The SMILES string of the molecule is Cc1ccc2c(c1)C(=O)N(CCC(=O)NC[C@H](C)[S@](C)=O)C2=O. The van der Waals surface area contributed by atoms with E-state index in [-0.39, 0.29) is 35.9 Å². The normalized spacial score (nSPS) is 16.2. The molecule has 0 fully saturated rings. The van der Waals surface area contributed by atoms with Gasteiger partial charge in [0, 0.05) is 41.8 Å². The first-order valence-electron chi connectivity index (χ1n) is 7.37. The van der Waals surface area contributed by atoms with Crippen LogP contribution < -0.4 is 5.32 Å². The maximum atomic E-state index is 12.3. The molecule has 1 aromatic carbocycles. The van der Waals surface area contributed by atoms with Crippen LogP contribution in [-0.4, -0.2) is 51.4 Å². The first kappa shape index (κ1) is 17.3. The topological polar surface area (TPSA) is 83.6 Å². The number of carbonyl (C=O) groups excluding carboxylic acids is 3. The standard InChI is InChI=1S/C16H20N2O4S/c1-10-4-5-12-13(8-10)16(21)18(15(12)20)7-6-14(19)17-9-11(2)23(3)22/h4-5,8,11H,6-7,9H2,1-3H3,(H,17,19)/t11-,23-/m0/s1. The summed E-state index contributed by atoms with van der Waals surface area (Å²) in [5.41, 5.74) is 1.69. The lowest BCUT2D eigenvalue weighted by atomic mass is 10.1. The van der Waals surface area contributed by atoms with E-state index >= 15 is 0 Å². The molecule has 3 amide bonds. The molecule has 124 valence electrons. The highest BCUT2D eigenvalue weighted by molar-refractivity contribution is 7.84. The number of nitrogens with one attached hydrogen (secondary N) is 1. The maximum absolute atomic E-state index is 12.3. The molecule has 0 spiro atoms. The van der Waals surface area contributed by atoms with Gasteiger partial charge < -0.3 is 5.32 Å².